The highest BCUT2D eigenvalue weighted by Gasteiger charge is 2.42. The first-order chi connectivity index (χ1) is 29.6. The Bertz CT molecular complexity index is 2470. The molecule has 2 aromatic heterocycles. The normalized spacial score (nSPS) is 19.9. The van der Waals surface area contributed by atoms with Crippen LogP contribution in [0, 0.1) is 23.7 Å². The van der Waals surface area contributed by atoms with E-state index >= 15 is 0 Å². The van der Waals surface area contributed by atoms with E-state index in [2.05, 4.69) is 69.8 Å². The summed E-state index contributed by atoms with van der Waals surface area (Å²) in [4.78, 5) is 71.5. The lowest BCUT2D eigenvalue weighted by Gasteiger charge is -2.30. The number of aromatic amines is 2. The molecule has 0 spiro atoms. The SMILES string of the molecule is COC(=O)NC(C(=O)N1C[C@@H](C)C[C@H]1c1nc(Cl)c(-c2ccc(-c3ccc4cc(-c5[nH]c([C@@H]6C[C@H](C)CN6C(=O)[C@@H](NC(=O)OC)C(C)C)nc5Cl)ccc4c3)cc2)[nH]1)C(C)C. The number of rotatable bonds is 11. The van der Waals surface area contributed by atoms with Crippen molar-refractivity contribution < 1.29 is 28.7 Å². The van der Waals surface area contributed by atoms with Crippen molar-refractivity contribution in [1.82, 2.24) is 40.4 Å². The number of hydrogen-bond donors (Lipinski definition) is 4. The maximum Gasteiger partial charge on any atom is 0.407 e. The fourth-order valence-corrected chi connectivity index (χ4v) is 9.20. The van der Waals surface area contributed by atoms with Gasteiger partial charge >= 0.3 is 12.2 Å². The lowest BCUT2D eigenvalue weighted by molar-refractivity contribution is -0.136. The Balaban J connectivity index is 1.07. The summed E-state index contributed by atoms with van der Waals surface area (Å²) in [6.45, 7) is 12.8. The summed E-state index contributed by atoms with van der Waals surface area (Å²) in [5.41, 5.74) is 5.10. The Hall–Kier alpha value is -5.60. The molecule has 4 amide bonds. The van der Waals surface area contributed by atoms with Crippen molar-refractivity contribution >= 4 is 58.0 Å². The fourth-order valence-electron chi connectivity index (χ4n) is 8.70. The number of alkyl carbamates (subject to hydrolysis) is 2. The van der Waals surface area contributed by atoms with Crippen LogP contribution in [0.4, 0.5) is 9.59 Å². The number of halogens is 2. The molecule has 2 saturated heterocycles. The molecule has 0 bridgehead atoms. The molecular formula is C46H54Cl2N8O6. The monoisotopic (exact) mass is 884 g/mol. The van der Waals surface area contributed by atoms with Crippen LogP contribution in [0.5, 0.6) is 0 Å². The van der Waals surface area contributed by atoms with Gasteiger partial charge in [-0.05, 0) is 70.5 Å². The molecule has 5 aromatic rings. The number of H-pyrrole nitrogens is 2. The van der Waals surface area contributed by atoms with Crippen molar-refractivity contribution in [2.45, 2.75) is 78.6 Å². The van der Waals surface area contributed by atoms with Gasteiger partial charge in [-0.3, -0.25) is 9.59 Å². The van der Waals surface area contributed by atoms with Gasteiger partial charge in [0.1, 0.15) is 23.7 Å². The summed E-state index contributed by atoms with van der Waals surface area (Å²) in [6.07, 6.45) is 0.106. The van der Waals surface area contributed by atoms with Crippen LogP contribution in [-0.4, -0.2) is 93.1 Å². The molecule has 0 radical (unpaired) electrons. The van der Waals surface area contributed by atoms with Crippen LogP contribution in [0.3, 0.4) is 0 Å². The number of carbonyl (C=O) groups excluding carboxylic acids is 4. The molecule has 1 unspecified atom stereocenters. The number of nitrogens with zero attached hydrogens (tertiary/aromatic N) is 4. The Kier molecular flexibility index (Phi) is 13.2. The third kappa shape index (κ3) is 9.12. The topological polar surface area (TPSA) is 175 Å². The van der Waals surface area contributed by atoms with Crippen LogP contribution >= 0.6 is 23.2 Å². The summed E-state index contributed by atoms with van der Waals surface area (Å²) in [5.74, 6) is 0.982. The van der Waals surface area contributed by atoms with Crippen LogP contribution in [-0.2, 0) is 19.1 Å². The van der Waals surface area contributed by atoms with Crippen LogP contribution in [0.25, 0.3) is 44.4 Å². The summed E-state index contributed by atoms with van der Waals surface area (Å²) in [5, 5.41) is 8.08. The smallest absolute Gasteiger partial charge is 0.407 e. The second kappa shape index (κ2) is 18.4. The van der Waals surface area contributed by atoms with Crippen LogP contribution < -0.4 is 10.6 Å². The number of benzene rings is 3. The molecule has 14 nitrogen and oxygen atoms in total. The highest BCUT2D eigenvalue weighted by Crippen LogP contribution is 2.40. The number of hydrogen-bond acceptors (Lipinski definition) is 8. The minimum atomic E-state index is -0.743. The minimum Gasteiger partial charge on any atom is -0.453 e. The van der Waals surface area contributed by atoms with Crippen molar-refractivity contribution in [3.05, 3.63) is 82.6 Å². The van der Waals surface area contributed by atoms with E-state index in [0.29, 0.717) is 59.3 Å². The molecule has 0 aliphatic carbocycles. The first-order valence-corrected chi connectivity index (χ1v) is 21.8. The highest BCUT2D eigenvalue weighted by atomic mass is 35.5. The number of ether oxygens (including phenoxy) is 2. The molecule has 4 heterocycles. The molecule has 3 aromatic carbocycles. The quantitative estimate of drug-likeness (QED) is 0.102. The van der Waals surface area contributed by atoms with Crippen LogP contribution in [0.15, 0.2) is 60.7 Å². The van der Waals surface area contributed by atoms with E-state index in [0.717, 1.165) is 33.0 Å². The van der Waals surface area contributed by atoms with Gasteiger partial charge in [0.05, 0.1) is 37.7 Å². The first kappa shape index (κ1) is 44.5. The molecule has 2 fully saturated rings. The molecule has 2 aliphatic heterocycles. The summed E-state index contributed by atoms with van der Waals surface area (Å²) < 4.78 is 9.57. The fraction of sp³-hybridized carbons (Fsp3) is 0.435. The van der Waals surface area contributed by atoms with Gasteiger partial charge in [-0.1, -0.05) is 113 Å². The zero-order chi connectivity index (χ0) is 44.6. The van der Waals surface area contributed by atoms with Crippen molar-refractivity contribution in [2.24, 2.45) is 23.7 Å². The lowest BCUT2D eigenvalue weighted by Crippen LogP contribution is -2.51. The number of amides is 4. The van der Waals surface area contributed by atoms with E-state index < -0.39 is 24.3 Å². The molecule has 16 heteroatoms. The molecule has 6 atom stereocenters. The van der Waals surface area contributed by atoms with Gasteiger partial charge < -0.3 is 39.9 Å². The maximum atomic E-state index is 13.8. The maximum absolute atomic E-state index is 13.8. The Labute approximate surface area is 371 Å². The number of methoxy groups -OCH3 is 2. The zero-order valence-electron chi connectivity index (χ0n) is 36.2. The number of imidazole rings is 2. The third-order valence-electron chi connectivity index (χ3n) is 12.0. The Morgan fingerprint density at radius 3 is 1.45 bits per heavy atom. The van der Waals surface area contributed by atoms with Crippen molar-refractivity contribution in [3.63, 3.8) is 0 Å². The van der Waals surface area contributed by atoms with Gasteiger partial charge in [0.2, 0.25) is 11.8 Å². The largest absolute Gasteiger partial charge is 0.453 e. The number of fused-ring (bicyclic) bond motifs is 1. The minimum absolute atomic E-state index is 0.148. The highest BCUT2D eigenvalue weighted by molar-refractivity contribution is 6.32. The van der Waals surface area contributed by atoms with Gasteiger partial charge in [-0.2, -0.15) is 0 Å². The zero-order valence-corrected chi connectivity index (χ0v) is 37.7. The number of nitrogens with one attached hydrogen (secondary N) is 4. The predicted molar refractivity (Wildman–Crippen MR) is 239 cm³/mol. The van der Waals surface area contributed by atoms with E-state index in [1.807, 2.05) is 58.0 Å². The Morgan fingerprint density at radius 2 is 1.02 bits per heavy atom. The van der Waals surface area contributed by atoms with E-state index in [9.17, 15) is 19.2 Å². The average Bonchev–Trinajstić information content (AvgIpc) is 4.05. The van der Waals surface area contributed by atoms with Crippen LogP contribution in [0.1, 0.15) is 78.1 Å². The summed E-state index contributed by atoms with van der Waals surface area (Å²) in [6, 6.07) is 18.3. The number of carbonyl (C=O) groups is 4. The van der Waals surface area contributed by atoms with E-state index in [4.69, 9.17) is 37.7 Å². The van der Waals surface area contributed by atoms with Gasteiger partial charge in [0.25, 0.3) is 0 Å². The van der Waals surface area contributed by atoms with Crippen molar-refractivity contribution in [2.75, 3.05) is 27.3 Å². The van der Waals surface area contributed by atoms with E-state index in [1.165, 1.54) is 14.2 Å². The van der Waals surface area contributed by atoms with E-state index in [1.54, 1.807) is 9.80 Å². The molecule has 0 saturated carbocycles. The molecule has 7 rings (SSSR count). The van der Waals surface area contributed by atoms with Crippen molar-refractivity contribution in [1.29, 1.82) is 0 Å². The molecule has 328 valence electrons. The Morgan fingerprint density at radius 1 is 0.629 bits per heavy atom. The van der Waals surface area contributed by atoms with Gasteiger partial charge in [-0.15, -0.1) is 0 Å². The van der Waals surface area contributed by atoms with Gasteiger partial charge in [0.15, 0.2) is 10.3 Å². The van der Waals surface area contributed by atoms with E-state index in [-0.39, 0.29) is 47.6 Å². The van der Waals surface area contributed by atoms with Gasteiger partial charge in [-0.25, -0.2) is 19.6 Å². The molecule has 2 aliphatic rings. The third-order valence-corrected chi connectivity index (χ3v) is 12.5. The second-order valence-electron chi connectivity index (χ2n) is 17.3. The predicted octanol–water partition coefficient (Wildman–Crippen LogP) is 9.17. The van der Waals surface area contributed by atoms with Gasteiger partial charge in [0, 0.05) is 24.2 Å². The standard InChI is InChI=1S/C46H54Cl2N8O6/c1-23(2)35(51-45(59)61-7)43(57)55-21-25(5)17-33(55)41-49-37(39(47)53-41)28-11-9-27(10-12-28)29-13-14-31-20-32(16-15-30(31)19-29)38-40(48)54-42(50-38)34-18-26(6)22-56(34)44(58)36(24(3)4)52-46(60)62-8/h9-16,19-20,23-26,33-36H,17-18,21-22H2,1-8H3,(H,49,53)(H,50,54)(H,51,59)(H,52,60)/t25-,26-,33-,34-,35?,36-/m0/s1. The molecular weight excluding hydrogens is 831 g/mol. The van der Waals surface area contributed by atoms with Crippen molar-refractivity contribution in [3.8, 4) is 33.6 Å². The summed E-state index contributed by atoms with van der Waals surface area (Å²) >= 11 is 13.5. The molecule has 4 N–H and O–H groups in total. The van der Waals surface area contributed by atoms with Crippen LogP contribution in [0.2, 0.25) is 10.3 Å². The lowest BCUT2D eigenvalue weighted by atomic mass is 9.98. The number of likely N-dealkylation sites (tertiary alicyclic amines) is 2. The molecule has 62 heavy (non-hydrogen) atoms. The first-order valence-electron chi connectivity index (χ1n) is 21.0. The second-order valence-corrected chi connectivity index (χ2v) is 18.1. The number of aromatic nitrogens is 4. The summed E-state index contributed by atoms with van der Waals surface area (Å²) in [7, 11) is 2.56. The average molecular weight is 886 g/mol.